The maximum atomic E-state index is 11.9. The number of nitrogens with zero attached hydrogens (tertiary/aromatic N) is 2. The number of hydrogen-bond acceptors (Lipinski definition) is 3. The van der Waals surface area contributed by atoms with Gasteiger partial charge in [-0.2, -0.15) is 5.10 Å². The first kappa shape index (κ1) is 14.8. The van der Waals surface area contributed by atoms with E-state index in [4.69, 9.17) is 5.73 Å². The van der Waals surface area contributed by atoms with Gasteiger partial charge >= 0.3 is 0 Å². The maximum Gasteiger partial charge on any atom is 0.242 e. The van der Waals surface area contributed by atoms with Crippen LogP contribution in [-0.2, 0) is 11.3 Å². The quantitative estimate of drug-likeness (QED) is 0.824. The van der Waals surface area contributed by atoms with E-state index in [1.807, 2.05) is 31.2 Å². The van der Waals surface area contributed by atoms with E-state index in [-0.39, 0.29) is 18.5 Å². The Hall–Kier alpha value is -2.58. The third kappa shape index (κ3) is 4.48. The summed E-state index contributed by atoms with van der Waals surface area (Å²) >= 11 is 0. The van der Waals surface area contributed by atoms with Crippen LogP contribution in [0, 0.1) is 11.8 Å². The molecule has 3 N–H and O–H groups in total. The van der Waals surface area contributed by atoms with Gasteiger partial charge in [0.05, 0.1) is 12.6 Å². The molecule has 21 heavy (non-hydrogen) atoms. The minimum Gasteiger partial charge on any atom is -0.348 e. The summed E-state index contributed by atoms with van der Waals surface area (Å²) in [5.74, 6) is 5.70. The van der Waals surface area contributed by atoms with Crippen LogP contribution in [0.3, 0.4) is 0 Å². The summed E-state index contributed by atoms with van der Waals surface area (Å²) in [5.41, 5.74) is 7.28. The van der Waals surface area contributed by atoms with Crippen molar-refractivity contribution in [2.24, 2.45) is 5.73 Å². The van der Waals surface area contributed by atoms with Crippen molar-refractivity contribution in [3.8, 4) is 11.8 Å². The Kier molecular flexibility index (Phi) is 5.13. The highest BCUT2D eigenvalue weighted by Crippen LogP contribution is 2.13. The van der Waals surface area contributed by atoms with Crippen LogP contribution in [0.25, 0.3) is 0 Å². The second-order valence-electron chi connectivity index (χ2n) is 4.62. The number of carbonyl (C=O) groups excluding carboxylic acids is 1. The van der Waals surface area contributed by atoms with Crippen molar-refractivity contribution in [1.82, 2.24) is 15.1 Å². The van der Waals surface area contributed by atoms with Gasteiger partial charge in [-0.3, -0.25) is 9.48 Å². The van der Waals surface area contributed by atoms with E-state index < -0.39 is 0 Å². The molecule has 1 atom stereocenters. The van der Waals surface area contributed by atoms with Gasteiger partial charge in [0.2, 0.25) is 5.91 Å². The molecule has 0 radical (unpaired) electrons. The first-order chi connectivity index (χ1) is 10.2. The molecule has 1 unspecified atom stereocenters. The third-order valence-electron chi connectivity index (χ3n) is 2.99. The van der Waals surface area contributed by atoms with Gasteiger partial charge in [0.15, 0.2) is 0 Å². The SMILES string of the molecule is CC(NC(=O)Cn1cccn1)c1ccc(C#CCN)cc1. The van der Waals surface area contributed by atoms with E-state index in [9.17, 15) is 4.79 Å². The third-order valence-corrected chi connectivity index (χ3v) is 2.99. The molecule has 5 heteroatoms. The Bertz CT molecular complexity index is 635. The number of nitrogens with one attached hydrogen (secondary N) is 1. The summed E-state index contributed by atoms with van der Waals surface area (Å²) in [6.45, 7) is 2.51. The lowest BCUT2D eigenvalue weighted by molar-refractivity contribution is -0.122. The summed E-state index contributed by atoms with van der Waals surface area (Å²) in [6, 6.07) is 9.49. The average Bonchev–Trinajstić information content (AvgIpc) is 2.98. The number of rotatable bonds is 4. The van der Waals surface area contributed by atoms with Gasteiger partial charge in [0.1, 0.15) is 6.54 Å². The molecule has 0 aliphatic carbocycles. The second-order valence-corrected chi connectivity index (χ2v) is 4.62. The van der Waals surface area contributed by atoms with Gasteiger partial charge in [-0.05, 0) is 30.7 Å². The smallest absolute Gasteiger partial charge is 0.242 e. The number of aromatic nitrogens is 2. The molecule has 2 rings (SSSR count). The molecule has 0 saturated carbocycles. The summed E-state index contributed by atoms with van der Waals surface area (Å²) in [4.78, 5) is 11.9. The van der Waals surface area contributed by atoms with Gasteiger partial charge in [-0.1, -0.05) is 24.0 Å². The van der Waals surface area contributed by atoms with Crippen molar-refractivity contribution in [1.29, 1.82) is 0 Å². The van der Waals surface area contributed by atoms with E-state index in [0.29, 0.717) is 6.54 Å². The van der Waals surface area contributed by atoms with Crippen LogP contribution in [0.4, 0.5) is 0 Å². The molecule has 1 aromatic carbocycles. The van der Waals surface area contributed by atoms with Crippen molar-refractivity contribution >= 4 is 5.91 Å². The minimum atomic E-state index is -0.0711. The zero-order valence-electron chi connectivity index (χ0n) is 11.9. The molecule has 5 nitrogen and oxygen atoms in total. The first-order valence-corrected chi connectivity index (χ1v) is 6.74. The minimum absolute atomic E-state index is 0.0652. The highest BCUT2D eigenvalue weighted by Gasteiger charge is 2.09. The van der Waals surface area contributed by atoms with Crippen LogP contribution < -0.4 is 11.1 Å². The molecule has 108 valence electrons. The molecule has 1 heterocycles. The second kappa shape index (κ2) is 7.27. The van der Waals surface area contributed by atoms with Gasteiger partial charge in [-0.25, -0.2) is 0 Å². The van der Waals surface area contributed by atoms with Crippen LogP contribution >= 0.6 is 0 Å². The number of benzene rings is 1. The van der Waals surface area contributed by atoms with E-state index in [2.05, 4.69) is 22.3 Å². The zero-order chi connectivity index (χ0) is 15.1. The predicted molar refractivity (Wildman–Crippen MR) is 81.2 cm³/mol. The molecule has 0 aliphatic heterocycles. The van der Waals surface area contributed by atoms with Crippen LogP contribution in [0.2, 0.25) is 0 Å². The summed E-state index contributed by atoms with van der Waals surface area (Å²) in [6.07, 6.45) is 3.41. The number of hydrogen-bond donors (Lipinski definition) is 2. The van der Waals surface area contributed by atoms with Crippen LogP contribution in [0.15, 0.2) is 42.7 Å². The fourth-order valence-electron chi connectivity index (χ4n) is 1.92. The van der Waals surface area contributed by atoms with Gasteiger partial charge in [0, 0.05) is 18.0 Å². The monoisotopic (exact) mass is 282 g/mol. The maximum absolute atomic E-state index is 11.9. The summed E-state index contributed by atoms with van der Waals surface area (Å²) < 4.78 is 1.59. The Balaban J connectivity index is 1.93. The first-order valence-electron chi connectivity index (χ1n) is 6.74. The summed E-state index contributed by atoms with van der Waals surface area (Å²) in [7, 11) is 0. The van der Waals surface area contributed by atoms with E-state index in [1.165, 1.54) is 0 Å². The predicted octanol–water partition coefficient (Wildman–Crippen LogP) is 1.07. The van der Waals surface area contributed by atoms with E-state index in [1.54, 1.807) is 23.1 Å². The topological polar surface area (TPSA) is 72.9 Å². The molecular formula is C16H18N4O. The standard InChI is InChI=1S/C16H18N4O/c1-13(19-16(21)12-20-11-3-10-18-20)15-7-5-14(6-8-15)4-2-9-17/h3,5-8,10-11,13H,9,12,17H2,1H3,(H,19,21). The lowest BCUT2D eigenvalue weighted by Crippen LogP contribution is -2.30. The highest BCUT2D eigenvalue weighted by molar-refractivity contribution is 5.76. The van der Waals surface area contributed by atoms with E-state index in [0.717, 1.165) is 11.1 Å². The van der Waals surface area contributed by atoms with Crippen LogP contribution in [0.1, 0.15) is 24.1 Å². The number of carbonyl (C=O) groups is 1. The average molecular weight is 282 g/mol. The fourth-order valence-corrected chi connectivity index (χ4v) is 1.92. The van der Waals surface area contributed by atoms with Gasteiger partial charge < -0.3 is 11.1 Å². The van der Waals surface area contributed by atoms with Crippen molar-refractivity contribution in [3.05, 3.63) is 53.9 Å². The lowest BCUT2D eigenvalue weighted by atomic mass is 10.1. The Morgan fingerprint density at radius 1 is 1.43 bits per heavy atom. The largest absolute Gasteiger partial charge is 0.348 e. The molecular weight excluding hydrogens is 264 g/mol. The van der Waals surface area contributed by atoms with E-state index >= 15 is 0 Å². The molecule has 0 fully saturated rings. The normalized spacial score (nSPS) is 11.3. The van der Waals surface area contributed by atoms with Crippen LogP contribution in [-0.4, -0.2) is 22.2 Å². The molecule has 0 saturated heterocycles. The molecule has 1 aromatic heterocycles. The Labute approximate surface area is 124 Å². The van der Waals surface area contributed by atoms with Crippen molar-refractivity contribution < 1.29 is 4.79 Å². The van der Waals surface area contributed by atoms with Gasteiger partial charge in [-0.15, -0.1) is 0 Å². The number of amides is 1. The molecule has 0 spiro atoms. The Morgan fingerprint density at radius 2 is 2.19 bits per heavy atom. The molecule has 0 bridgehead atoms. The van der Waals surface area contributed by atoms with Crippen molar-refractivity contribution in [2.75, 3.05) is 6.54 Å². The molecule has 0 aliphatic rings. The van der Waals surface area contributed by atoms with Crippen molar-refractivity contribution in [3.63, 3.8) is 0 Å². The Morgan fingerprint density at radius 3 is 2.81 bits per heavy atom. The summed E-state index contributed by atoms with van der Waals surface area (Å²) in [5, 5.41) is 6.95. The van der Waals surface area contributed by atoms with Gasteiger partial charge in [0.25, 0.3) is 0 Å². The van der Waals surface area contributed by atoms with Crippen molar-refractivity contribution in [2.45, 2.75) is 19.5 Å². The molecule has 1 amide bonds. The zero-order valence-corrected chi connectivity index (χ0v) is 11.9. The fraction of sp³-hybridized carbons (Fsp3) is 0.250. The number of nitrogens with two attached hydrogens (primary N) is 1. The van der Waals surface area contributed by atoms with Crippen LogP contribution in [0.5, 0.6) is 0 Å². The molecule has 2 aromatic rings. The highest BCUT2D eigenvalue weighted by atomic mass is 16.2. The lowest BCUT2D eigenvalue weighted by Gasteiger charge is -2.14.